The summed E-state index contributed by atoms with van der Waals surface area (Å²) in [6.07, 6.45) is 0.153. The van der Waals surface area contributed by atoms with Gasteiger partial charge in [-0.1, -0.05) is 0 Å². The Morgan fingerprint density at radius 2 is 2.21 bits per heavy atom. The quantitative estimate of drug-likeness (QED) is 0.561. The van der Waals surface area contributed by atoms with Crippen molar-refractivity contribution in [1.29, 1.82) is 0 Å². The summed E-state index contributed by atoms with van der Waals surface area (Å²) in [6.45, 7) is 3.28. The highest BCUT2D eigenvalue weighted by Gasteiger charge is 2.27. The van der Waals surface area contributed by atoms with Crippen molar-refractivity contribution in [2.45, 2.75) is 25.8 Å². The van der Waals surface area contributed by atoms with Crippen LogP contribution < -0.4 is 10.6 Å². The number of nitrogens with one attached hydrogen (secondary N) is 2. The molecule has 0 unspecified atom stereocenters. The Hall–Kier alpha value is -2.15. The molecule has 2 rings (SSSR count). The van der Waals surface area contributed by atoms with Gasteiger partial charge in [0.05, 0.1) is 23.5 Å². The van der Waals surface area contributed by atoms with E-state index in [-0.39, 0.29) is 30.3 Å². The number of nitrogens with zero attached hydrogens (tertiary/aromatic N) is 1. The Balaban J connectivity index is 2.45. The van der Waals surface area contributed by atoms with Crippen LogP contribution in [-0.4, -0.2) is 28.1 Å². The Labute approximate surface area is 109 Å². The number of carbonyl (C=O) groups excluding carboxylic acids is 1. The van der Waals surface area contributed by atoms with Gasteiger partial charge in [0.15, 0.2) is 0 Å². The summed E-state index contributed by atoms with van der Waals surface area (Å²) < 4.78 is 0. The van der Waals surface area contributed by atoms with Crippen LogP contribution in [0.15, 0.2) is 12.1 Å². The molecule has 1 aliphatic heterocycles. The van der Waals surface area contributed by atoms with E-state index < -0.39 is 10.5 Å². The number of fused-ring (bicyclic) bond motifs is 1. The lowest BCUT2D eigenvalue weighted by Crippen LogP contribution is -2.35. The highest BCUT2D eigenvalue weighted by Crippen LogP contribution is 2.35. The zero-order valence-electron chi connectivity index (χ0n) is 10.7. The summed E-state index contributed by atoms with van der Waals surface area (Å²) in [7, 11) is 0. The van der Waals surface area contributed by atoms with Crippen molar-refractivity contribution in [3.8, 4) is 0 Å². The van der Waals surface area contributed by atoms with Crippen molar-refractivity contribution < 1.29 is 14.8 Å². The van der Waals surface area contributed by atoms with E-state index in [0.717, 1.165) is 0 Å². The number of anilines is 2. The molecule has 0 spiro atoms. The van der Waals surface area contributed by atoms with Gasteiger partial charge in [-0.05, 0) is 25.5 Å². The molecule has 0 saturated carbocycles. The topological polar surface area (TPSA) is 104 Å². The minimum absolute atomic E-state index is 0.100. The first-order chi connectivity index (χ1) is 8.82. The van der Waals surface area contributed by atoms with Crippen LogP contribution in [0.5, 0.6) is 0 Å². The molecule has 3 N–H and O–H groups in total. The largest absolute Gasteiger partial charge is 0.394 e. The van der Waals surface area contributed by atoms with E-state index in [1.54, 1.807) is 13.8 Å². The van der Waals surface area contributed by atoms with E-state index in [0.29, 0.717) is 11.3 Å². The average molecular weight is 265 g/mol. The van der Waals surface area contributed by atoms with Gasteiger partial charge in [0.1, 0.15) is 5.69 Å². The standard InChI is InChI=1S/C12H15N3O4/c1-12(2,6-16)14-9-5-8-7(4-11(17)13-8)3-10(9)15(18)19/h3,5,14,16H,4,6H2,1-2H3,(H,13,17). The molecule has 1 aromatic carbocycles. The second-order valence-electron chi connectivity index (χ2n) is 5.18. The molecule has 7 heteroatoms. The van der Waals surface area contributed by atoms with Crippen molar-refractivity contribution in [2.75, 3.05) is 17.2 Å². The van der Waals surface area contributed by atoms with Gasteiger partial charge in [-0.15, -0.1) is 0 Å². The average Bonchev–Trinajstić information content (AvgIpc) is 2.66. The highest BCUT2D eigenvalue weighted by atomic mass is 16.6. The molecule has 0 aromatic heterocycles. The second kappa shape index (κ2) is 4.51. The lowest BCUT2D eigenvalue weighted by atomic mass is 10.0. The molecule has 0 fully saturated rings. The first-order valence-corrected chi connectivity index (χ1v) is 5.82. The Morgan fingerprint density at radius 1 is 1.53 bits per heavy atom. The SMILES string of the molecule is CC(C)(CO)Nc1cc2c(cc1[N+](=O)[O-])CC(=O)N2. The first kappa shape index (κ1) is 13.3. The van der Waals surface area contributed by atoms with Crippen LogP contribution >= 0.6 is 0 Å². The number of benzene rings is 1. The van der Waals surface area contributed by atoms with Gasteiger partial charge < -0.3 is 15.7 Å². The smallest absolute Gasteiger partial charge is 0.292 e. The van der Waals surface area contributed by atoms with Crippen LogP contribution in [0.3, 0.4) is 0 Å². The minimum atomic E-state index is -0.693. The number of hydrogen-bond acceptors (Lipinski definition) is 5. The van der Waals surface area contributed by atoms with E-state index in [4.69, 9.17) is 0 Å². The van der Waals surface area contributed by atoms with Gasteiger partial charge in [0.2, 0.25) is 5.91 Å². The molecule has 0 atom stereocenters. The third-order valence-electron chi connectivity index (χ3n) is 2.91. The molecule has 1 amide bonds. The molecule has 1 aromatic rings. The lowest BCUT2D eigenvalue weighted by Gasteiger charge is -2.25. The Kier molecular flexibility index (Phi) is 3.15. The second-order valence-corrected chi connectivity index (χ2v) is 5.18. The molecule has 0 radical (unpaired) electrons. The van der Waals surface area contributed by atoms with Crippen LogP contribution in [-0.2, 0) is 11.2 Å². The molecule has 1 aliphatic rings. The third kappa shape index (κ3) is 2.65. The summed E-state index contributed by atoms with van der Waals surface area (Å²) in [5.74, 6) is -0.178. The molecule has 0 aliphatic carbocycles. The summed E-state index contributed by atoms with van der Waals surface area (Å²) in [4.78, 5) is 21.9. The van der Waals surface area contributed by atoms with Crippen LogP contribution in [0.25, 0.3) is 0 Å². The lowest BCUT2D eigenvalue weighted by molar-refractivity contribution is -0.384. The van der Waals surface area contributed by atoms with Crippen LogP contribution in [0.2, 0.25) is 0 Å². The van der Waals surface area contributed by atoms with Crippen LogP contribution in [0.1, 0.15) is 19.4 Å². The molecular formula is C12H15N3O4. The zero-order chi connectivity index (χ0) is 14.2. The predicted octanol–water partition coefficient (Wildman–Crippen LogP) is 1.27. The van der Waals surface area contributed by atoms with E-state index in [2.05, 4.69) is 10.6 Å². The number of nitro benzene ring substituents is 1. The van der Waals surface area contributed by atoms with Crippen molar-refractivity contribution in [3.05, 3.63) is 27.8 Å². The molecule has 0 bridgehead atoms. The number of nitro groups is 1. The fraction of sp³-hybridized carbons (Fsp3) is 0.417. The van der Waals surface area contributed by atoms with Crippen LogP contribution in [0, 0.1) is 10.1 Å². The summed E-state index contributed by atoms with van der Waals surface area (Å²) >= 11 is 0. The van der Waals surface area contributed by atoms with Crippen molar-refractivity contribution in [3.63, 3.8) is 0 Å². The summed E-state index contributed by atoms with van der Waals surface area (Å²) in [5, 5.41) is 25.9. The fourth-order valence-electron chi connectivity index (χ4n) is 1.92. The van der Waals surface area contributed by atoms with E-state index in [1.165, 1.54) is 12.1 Å². The molecule has 1 heterocycles. The zero-order valence-corrected chi connectivity index (χ0v) is 10.7. The van der Waals surface area contributed by atoms with Crippen molar-refractivity contribution >= 4 is 23.0 Å². The third-order valence-corrected chi connectivity index (χ3v) is 2.91. The maximum atomic E-state index is 11.3. The number of amides is 1. The predicted molar refractivity (Wildman–Crippen MR) is 70.2 cm³/mol. The summed E-state index contributed by atoms with van der Waals surface area (Å²) in [5.41, 5.74) is 0.680. The molecule has 0 saturated heterocycles. The van der Waals surface area contributed by atoms with Gasteiger partial charge >= 0.3 is 0 Å². The molecule has 102 valence electrons. The number of aliphatic hydroxyl groups excluding tert-OH is 1. The minimum Gasteiger partial charge on any atom is -0.394 e. The molecule has 19 heavy (non-hydrogen) atoms. The van der Waals surface area contributed by atoms with Crippen molar-refractivity contribution in [2.24, 2.45) is 0 Å². The fourth-order valence-corrected chi connectivity index (χ4v) is 1.92. The van der Waals surface area contributed by atoms with Gasteiger partial charge in [-0.3, -0.25) is 14.9 Å². The maximum Gasteiger partial charge on any atom is 0.292 e. The monoisotopic (exact) mass is 265 g/mol. The first-order valence-electron chi connectivity index (χ1n) is 5.82. The Bertz CT molecular complexity index is 554. The maximum absolute atomic E-state index is 11.3. The van der Waals surface area contributed by atoms with E-state index in [1.807, 2.05) is 0 Å². The normalized spacial score (nSPS) is 13.9. The van der Waals surface area contributed by atoms with Gasteiger partial charge in [0, 0.05) is 11.8 Å². The van der Waals surface area contributed by atoms with Gasteiger partial charge in [-0.25, -0.2) is 0 Å². The van der Waals surface area contributed by atoms with Crippen LogP contribution in [0.4, 0.5) is 17.1 Å². The van der Waals surface area contributed by atoms with Gasteiger partial charge in [0.25, 0.3) is 5.69 Å². The highest BCUT2D eigenvalue weighted by molar-refractivity contribution is 6.00. The number of hydrogen-bond donors (Lipinski definition) is 3. The van der Waals surface area contributed by atoms with E-state index in [9.17, 15) is 20.0 Å². The Morgan fingerprint density at radius 3 is 2.79 bits per heavy atom. The van der Waals surface area contributed by atoms with Crippen molar-refractivity contribution in [1.82, 2.24) is 0 Å². The summed E-state index contributed by atoms with van der Waals surface area (Å²) in [6, 6.07) is 2.93. The van der Waals surface area contributed by atoms with Gasteiger partial charge in [-0.2, -0.15) is 0 Å². The number of carbonyl (C=O) groups is 1. The number of rotatable bonds is 4. The van der Waals surface area contributed by atoms with E-state index >= 15 is 0 Å². The molecule has 7 nitrogen and oxygen atoms in total. The molecular weight excluding hydrogens is 250 g/mol. The number of aliphatic hydroxyl groups is 1.